The van der Waals surface area contributed by atoms with E-state index >= 15 is 0 Å². The summed E-state index contributed by atoms with van der Waals surface area (Å²) in [4.78, 5) is 23.9. The lowest BCUT2D eigenvalue weighted by Gasteiger charge is -2.13. The van der Waals surface area contributed by atoms with Gasteiger partial charge >= 0.3 is 11.9 Å². The Kier molecular flexibility index (Phi) is 5.42. The molecule has 1 aliphatic rings. The molecule has 1 fully saturated rings. The standard InChI is InChI=1S/C19H18O6/c20-17(13-7-3-1-4-8-13)23-12-15-11-16(19(22)24-15)25-18(21)14-9-5-2-6-10-14/h1-10,15-16,19,22H,11-12H2/t15-,16-,19-/m1/s1. The highest BCUT2D eigenvalue weighted by Gasteiger charge is 2.37. The highest BCUT2D eigenvalue weighted by Crippen LogP contribution is 2.23. The minimum atomic E-state index is -1.24. The van der Waals surface area contributed by atoms with Crippen molar-refractivity contribution in [2.45, 2.75) is 24.9 Å². The average molecular weight is 342 g/mol. The zero-order chi connectivity index (χ0) is 17.6. The Morgan fingerprint density at radius 1 is 0.960 bits per heavy atom. The van der Waals surface area contributed by atoms with E-state index in [0.29, 0.717) is 11.1 Å². The van der Waals surface area contributed by atoms with Gasteiger partial charge < -0.3 is 19.3 Å². The second-order valence-corrected chi connectivity index (χ2v) is 5.66. The number of aliphatic hydroxyl groups excluding tert-OH is 1. The van der Waals surface area contributed by atoms with Crippen molar-refractivity contribution in [3.8, 4) is 0 Å². The van der Waals surface area contributed by atoms with Gasteiger partial charge in [-0.25, -0.2) is 9.59 Å². The van der Waals surface area contributed by atoms with Crippen LogP contribution < -0.4 is 0 Å². The lowest BCUT2D eigenvalue weighted by atomic mass is 10.2. The molecule has 0 amide bonds. The number of aliphatic hydroxyl groups is 1. The van der Waals surface area contributed by atoms with Crippen LogP contribution in [0.4, 0.5) is 0 Å². The van der Waals surface area contributed by atoms with Crippen molar-refractivity contribution in [3.05, 3.63) is 71.8 Å². The fourth-order valence-electron chi connectivity index (χ4n) is 2.54. The molecule has 2 aromatic rings. The van der Waals surface area contributed by atoms with Crippen molar-refractivity contribution < 1.29 is 28.9 Å². The molecule has 1 heterocycles. The molecule has 3 rings (SSSR count). The minimum Gasteiger partial charge on any atom is -0.459 e. The number of carbonyl (C=O) groups is 2. The maximum Gasteiger partial charge on any atom is 0.338 e. The van der Waals surface area contributed by atoms with Crippen LogP contribution in [0.15, 0.2) is 60.7 Å². The monoisotopic (exact) mass is 342 g/mol. The smallest absolute Gasteiger partial charge is 0.338 e. The largest absolute Gasteiger partial charge is 0.459 e. The third-order valence-electron chi connectivity index (χ3n) is 3.82. The average Bonchev–Trinajstić information content (AvgIpc) is 3.00. The quantitative estimate of drug-likeness (QED) is 0.839. The Morgan fingerprint density at radius 3 is 2.12 bits per heavy atom. The summed E-state index contributed by atoms with van der Waals surface area (Å²) in [7, 11) is 0. The summed E-state index contributed by atoms with van der Waals surface area (Å²) < 4.78 is 15.8. The van der Waals surface area contributed by atoms with Gasteiger partial charge in [0.05, 0.1) is 17.2 Å². The maximum absolute atomic E-state index is 12.0. The van der Waals surface area contributed by atoms with Gasteiger partial charge in [0.25, 0.3) is 0 Å². The van der Waals surface area contributed by atoms with Crippen LogP contribution in [-0.2, 0) is 14.2 Å². The van der Waals surface area contributed by atoms with Gasteiger partial charge in [0.15, 0.2) is 12.4 Å². The lowest BCUT2D eigenvalue weighted by molar-refractivity contribution is -0.135. The third kappa shape index (κ3) is 4.43. The van der Waals surface area contributed by atoms with E-state index in [1.807, 2.05) is 0 Å². The molecule has 6 heteroatoms. The van der Waals surface area contributed by atoms with Crippen LogP contribution in [0.3, 0.4) is 0 Å². The van der Waals surface area contributed by atoms with Gasteiger partial charge in [0.2, 0.25) is 0 Å². The fraction of sp³-hybridized carbons (Fsp3) is 0.263. The molecule has 130 valence electrons. The van der Waals surface area contributed by atoms with Crippen LogP contribution in [0.1, 0.15) is 27.1 Å². The molecule has 0 unspecified atom stereocenters. The first kappa shape index (κ1) is 17.1. The van der Waals surface area contributed by atoms with Crippen molar-refractivity contribution in [1.29, 1.82) is 0 Å². The molecule has 0 bridgehead atoms. The van der Waals surface area contributed by atoms with E-state index < -0.39 is 30.4 Å². The van der Waals surface area contributed by atoms with Gasteiger partial charge in [-0.1, -0.05) is 36.4 Å². The molecule has 1 aliphatic heterocycles. The van der Waals surface area contributed by atoms with E-state index in [0.717, 1.165) is 0 Å². The SMILES string of the molecule is O=C(OC[C@H]1C[C@@H](OC(=O)c2ccccc2)[C@H](O)O1)c1ccccc1. The molecule has 0 aromatic heterocycles. The number of hydrogen-bond acceptors (Lipinski definition) is 6. The molecule has 1 N–H and O–H groups in total. The molecular weight excluding hydrogens is 324 g/mol. The van der Waals surface area contributed by atoms with Crippen LogP contribution in [0.2, 0.25) is 0 Å². The molecule has 2 aromatic carbocycles. The Balaban J connectivity index is 1.50. The fourth-order valence-corrected chi connectivity index (χ4v) is 2.54. The first-order chi connectivity index (χ1) is 12.1. The molecule has 3 atom stereocenters. The second kappa shape index (κ2) is 7.92. The summed E-state index contributed by atoms with van der Waals surface area (Å²) in [5.41, 5.74) is 0.835. The van der Waals surface area contributed by atoms with Gasteiger partial charge in [-0.05, 0) is 24.3 Å². The lowest BCUT2D eigenvalue weighted by Crippen LogP contribution is -2.26. The van der Waals surface area contributed by atoms with E-state index in [1.54, 1.807) is 60.7 Å². The summed E-state index contributed by atoms with van der Waals surface area (Å²) in [6, 6.07) is 17.1. The Hall–Kier alpha value is -2.70. The van der Waals surface area contributed by atoms with Gasteiger partial charge in [-0.2, -0.15) is 0 Å². The zero-order valence-electron chi connectivity index (χ0n) is 13.4. The molecule has 0 saturated carbocycles. The summed E-state index contributed by atoms with van der Waals surface area (Å²) >= 11 is 0. The number of ether oxygens (including phenoxy) is 3. The Labute approximate surface area is 144 Å². The molecule has 1 saturated heterocycles. The maximum atomic E-state index is 12.0. The van der Waals surface area contributed by atoms with Gasteiger partial charge in [0.1, 0.15) is 6.61 Å². The molecule has 25 heavy (non-hydrogen) atoms. The summed E-state index contributed by atoms with van der Waals surface area (Å²) in [6.45, 7) is -0.0236. The Morgan fingerprint density at radius 2 is 1.52 bits per heavy atom. The normalized spacial score (nSPS) is 22.4. The van der Waals surface area contributed by atoms with E-state index in [9.17, 15) is 14.7 Å². The van der Waals surface area contributed by atoms with Crippen molar-refractivity contribution in [3.63, 3.8) is 0 Å². The van der Waals surface area contributed by atoms with Crippen LogP contribution in [0.25, 0.3) is 0 Å². The van der Waals surface area contributed by atoms with Crippen molar-refractivity contribution in [2.24, 2.45) is 0 Å². The van der Waals surface area contributed by atoms with Crippen molar-refractivity contribution >= 4 is 11.9 Å². The van der Waals surface area contributed by atoms with Crippen LogP contribution >= 0.6 is 0 Å². The van der Waals surface area contributed by atoms with Gasteiger partial charge in [-0.15, -0.1) is 0 Å². The molecular formula is C19H18O6. The molecule has 0 radical (unpaired) electrons. The molecule has 0 spiro atoms. The highest BCUT2D eigenvalue weighted by atomic mass is 16.7. The zero-order valence-corrected chi connectivity index (χ0v) is 13.4. The summed E-state index contributed by atoms with van der Waals surface area (Å²) in [5.74, 6) is -1.00. The first-order valence-corrected chi connectivity index (χ1v) is 7.95. The van der Waals surface area contributed by atoms with Crippen LogP contribution in [0, 0.1) is 0 Å². The van der Waals surface area contributed by atoms with Crippen LogP contribution in [0.5, 0.6) is 0 Å². The number of hydrogen-bond donors (Lipinski definition) is 1. The highest BCUT2D eigenvalue weighted by molar-refractivity contribution is 5.89. The van der Waals surface area contributed by atoms with Gasteiger partial charge in [-0.3, -0.25) is 0 Å². The van der Waals surface area contributed by atoms with Crippen molar-refractivity contribution in [2.75, 3.05) is 6.61 Å². The van der Waals surface area contributed by atoms with Crippen molar-refractivity contribution in [1.82, 2.24) is 0 Å². The van der Waals surface area contributed by atoms with Gasteiger partial charge in [0, 0.05) is 6.42 Å². The molecule has 0 aliphatic carbocycles. The molecule has 6 nitrogen and oxygen atoms in total. The number of rotatable bonds is 5. The Bertz CT molecular complexity index is 715. The number of esters is 2. The minimum absolute atomic E-state index is 0.0236. The number of benzene rings is 2. The van der Waals surface area contributed by atoms with E-state index in [4.69, 9.17) is 14.2 Å². The topological polar surface area (TPSA) is 82.1 Å². The predicted molar refractivity (Wildman–Crippen MR) is 87.9 cm³/mol. The number of carbonyl (C=O) groups excluding carboxylic acids is 2. The van der Waals surface area contributed by atoms with E-state index in [1.165, 1.54) is 0 Å². The van der Waals surface area contributed by atoms with E-state index in [-0.39, 0.29) is 13.0 Å². The first-order valence-electron chi connectivity index (χ1n) is 7.95. The second-order valence-electron chi connectivity index (χ2n) is 5.66. The van der Waals surface area contributed by atoms with Crippen LogP contribution in [-0.4, -0.2) is 42.1 Å². The summed E-state index contributed by atoms with van der Waals surface area (Å²) in [5, 5.41) is 9.90. The third-order valence-corrected chi connectivity index (χ3v) is 3.82. The summed E-state index contributed by atoms with van der Waals surface area (Å²) in [6.07, 6.45) is -2.32. The van der Waals surface area contributed by atoms with E-state index in [2.05, 4.69) is 0 Å². The predicted octanol–water partition coefficient (Wildman–Crippen LogP) is 2.18.